The minimum atomic E-state index is -0.338. The molecule has 0 N–H and O–H groups in total. The van der Waals surface area contributed by atoms with Crippen LogP contribution in [0.25, 0.3) is 16.6 Å². The molecule has 7 nitrogen and oxygen atoms in total. The first-order valence-electron chi connectivity index (χ1n) is 10.7. The molecular weight excluding hydrogens is 402 g/mol. The van der Waals surface area contributed by atoms with Gasteiger partial charge in [-0.1, -0.05) is 38.1 Å². The zero-order chi connectivity index (χ0) is 23.0. The molecule has 0 atom stereocenters. The molecule has 0 saturated heterocycles. The van der Waals surface area contributed by atoms with Crippen molar-refractivity contribution in [3.8, 4) is 5.69 Å². The number of para-hydroxylation sites is 1. The Morgan fingerprint density at radius 2 is 1.78 bits per heavy atom. The second kappa shape index (κ2) is 8.42. The second-order valence-corrected chi connectivity index (χ2v) is 8.38. The number of rotatable bonds is 5. The first-order valence-corrected chi connectivity index (χ1v) is 10.7. The van der Waals surface area contributed by atoms with E-state index in [1.54, 1.807) is 17.9 Å². The van der Waals surface area contributed by atoms with Gasteiger partial charge in [0.25, 0.3) is 5.56 Å². The highest BCUT2D eigenvalue weighted by atomic mass is 16.2. The monoisotopic (exact) mass is 429 g/mol. The summed E-state index contributed by atoms with van der Waals surface area (Å²) in [5.41, 5.74) is 4.68. The number of hydrogen-bond donors (Lipinski definition) is 0. The summed E-state index contributed by atoms with van der Waals surface area (Å²) in [6.07, 6.45) is 1.69. The highest BCUT2D eigenvalue weighted by molar-refractivity contribution is 5.92. The van der Waals surface area contributed by atoms with Crippen LogP contribution in [0.3, 0.4) is 0 Å². The standard InChI is InChI=1S/C25H27N5O2/c1-16(2)23-21-14-26-30(20-12-11-17(3)18(4)13-20)24(21)25(32)29(27-23)15-22(31)28(5)19-9-7-6-8-10-19/h6-14,16H,15H2,1-5H3. The minimum Gasteiger partial charge on any atom is -0.314 e. The van der Waals surface area contributed by atoms with Crippen molar-refractivity contribution in [1.82, 2.24) is 19.6 Å². The van der Waals surface area contributed by atoms with Crippen LogP contribution in [0.5, 0.6) is 0 Å². The van der Waals surface area contributed by atoms with Crippen molar-refractivity contribution in [1.29, 1.82) is 0 Å². The van der Waals surface area contributed by atoms with Crippen LogP contribution in [0.2, 0.25) is 0 Å². The number of likely N-dealkylation sites (N-methyl/N-ethyl adjacent to an activating group) is 1. The number of carbonyl (C=O) groups excluding carboxylic acids is 1. The predicted molar refractivity (Wildman–Crippen MR) is 127 cm³/mol. The lowest BCUT2D eigenvalue weighted by molar-refractivity contribution is -0.119. The number of amides is 1. The highest BCUT2D eigenvalue weighted by Crippen LogP contribution is 2.24. The fraction of sp³-hybridized carbons (Fsp3) is 0.280. The molecule has 0 spiro atoms. The zero-order valence-corrected chi connectivity index (χ0v) is 19.0. The summed E-state index contributed by atoms with van der Waals surface area (Å²) in [5, 5.41) is 9.78. The lowest BCUT2D eigenvalue weighted by Crippen LogP contribution is -2.36. The third-order valence-electron chi connectivity index (χ3n) is 5.80. The topological polar surface area (TPSA) is 73.0 Å². The SMILES string of the molecule is Cc1ccc(-n2ncc3c(C(C)C)nn(CC(=O)N(C)c4ccccc4)c(=O)c32)cc1C. The van der Waals surface area contributed by atoms with Gasteiger partial charge in [0.05, 0.1) is 17.6 Å². The quantitative estimate of drug-likeness (QED) is 0.481. The van der Waals surface area contributed by atoms with E-state index < -0.39 is 0 Å². The van der Waals surface area contributed by atoms with Gasteiger partial charge in [-0.05, 0) is 55.2 Å². The summed E-state index contributed by atoms with van der Waals surface area (Å²) < 4.78 is 2.91. The lowest BCUT2D eigenvalue weighted by Gasteiger charge is -2.18. The van der Waals surface area contributed by atoms with Crippen LogP contribution in [0.4, 0.5) is 5.69 Å². The number of aryl methyl sites for hydroxylation is 2. The van der Waals surface area contributed by atoms with Gasteiger partial charge >= 0.3 is 0 Å². The Hall–Kier alpha value is -3.74. The highest BCUT2D eigenvalue weighted by Gasteiger charge is 2.21. The zero-order valence-electron chi connectivity index (χ0n) is 19.0. The minimum absolute atomic E-state index is 0.0590. The third-order valence-corrected chi connectivity index (χ3v) is 5.80. The Morgan fingerprint density at radius 1 is 1.06 bits per heavy atom. The molecule has 0 aliphatic carbocycles. The number of benzene rings is 2. The third kappa shape index (κ3) is 3.82. The molecule has 0 saturated carbocycles. The summed E-state index contributed by atoms with van der Waals surface area (Å²) in [5.74, 6) is -0.166. The normalized spacial score (nSPS) is 11.3. The van der Waals surface area contributed by atoms with Gasteiger partial charge in [0.15, 0.2) is 0 Å². The molecule has 32 heavy (non-hydrogen) atoms. The van der Waals surface area contributed by atoms with E-state index in [9.17, 15) is 9.59 Å². The van der Waals surface area contributed by atoms with Crippen molar-refractivity contribution >= 4 is 22.5 Å². The van der Waals surface area contributed by atoms with Crippen molar-refractivity contribution in [3.05, 3.63) is 81.9 Å². The fourth-order valence-corrected chi connectivity index (χ4v) is 3.71. The molecule has 0 radical (unpaired) electrons. The predicted octanol–water partition coefficient (Wildman–Crippen LogP) is 3.99. The number of carbonyl (C=O) groups is 1. The van der Waals surface area contributed by atoms with Crippen molar-refractivity contribution in [3.63, 3.8) is 0 Å². The number of hydrogen-bond acceptors (Lipinski definition) is 4. The molecule has 2 aromatic carbocycles. The molecule has 1 amide bonds. The van der Waals surface area contributed by atoms with E-state index in [4.69, 9.17) is 0 Å². The van der Waals surface area contributed by atoms with E-state index in [-0.39, 0.29) is 23.9 Å². The van der Waals surface area contributed by atoms with E-state index in [0.29, 0.717) is 10.9 Å². The lowest BCUT2D eigenvalue weighted by atomic mass is 10.1. The summed E-state index contributed by atoms with van der Waals surface area (Å²) >= 11 is 0. The van der Waals surface area contributed by atoms with Crippen molar-refractivity contribution in [2.45, 2.75) is 40.2 Å². The van der Waals surface area contributed by atoms with Crippen molar-refractivity contribution in [2.24, 2.45) is 0 Å². The Kier molecular flexibility index (Phi) is 5.65. The van der Waals surface area contributed by atoms with Crippen LogP contribution < -0.4 is 10.5 Å². The van der Waals surface area contributed by atoms with Gasteiger partial charge in [0.2, 0.25) is 5.91 Å². The molecule has 0 aliphatic heterocycles. The Bertz CT molecular complexity index is 1350. The Labute approximate surface area is 186 Å². The Balaban J connectivity index is 1.83. The molecular formula is C25H27N5O2. The number of anilines is 1. The maximum atomic E-state index is 13.5. The fourth-order valence-electron chi connectivity index (χ4n) is 3.71. The summed E-state index contributed by atoms with van der Waals surface area (Å²) in [6.45, 7) is 7.95. The molecule has 0 aliphatic rings. The van der Waals surface area contributed by atoms with Gasteiger partial charge in [-0.2, -0.15) is 10.2 Å². The number of fused-ring (bicyclic) bond motifs is 1. The van der Waals surface area contributed by atoms with E-state index in [2.05, 4.69) is 10.2 Å². The van der Waals surface area contributed by atoms with Gasteiger partial charge in [-0.15, -0.1) is 0 Å². The molecule has 4 aromatic rings. The van der Waals surface area contributed by atoms with Gasteiger partial charge in [0, 0.05) is 18.1 Å². The van der Waals surface area contributed by atoms with E-state index in [1.807, 2.05) is 76.2 Å². The van der Waals surface area contributed by atoms with Gasteiger partial charge in [0.1, 0.15) is 12.1 Å². The molecule has 0 unspecified atom stereocenters. The molecule has 4 rings (SSSR count). The smallest absolute Gasteiger partial charge is 0.293 e. The average molecular weight is 430 g/mol. The second-order valence-electron chi connectivity index (χ2n) is 8.38. The number of aromatic nitrogens is 4. The van der Waals surface area contributed by atoms with Crippen molar-refractivity contribution in [2.75, 3.05) is 11.9 Å². The number of nitrogens with zero attached hydrogens (tertiary/aromatic N) is 5. The van der Waals surface area contributed by atoms with Gasteiger partial charge in [-0.25, -0.2) is 9.36 Å². The van der Waals surface area contributed by atoms with E-state index >= 15 is 0 Å². The van der Waals surface area contributed by atoms with Crippen LogP contribution >= 0.6 is 0 Å². The first-order chi connectivity index (χ1) is 15.3. The largest absolute Gasteiger partial charge is 0.314 e. The molecule has 7 heteroatoms. The molecule has 2 heterocycles. The summed E-state index contributed by atoms with van der Waals surface area (Å²) in [6, 6.07) is 15.3. The van der Waals surface area contributed by atoms with Crippen LogP contribution in [-0.2, 0) is 11.3 Å². The van der Waals surface area contributed by atoms with Gasteiger partial charge in [-0.3, -0.25) is 9.59 Å². The average Bonchev–Trinajstić information content (AvgIpc) is 3.22. The van der Waals surface area contributed by atoms with Crippen LogP contribution in [0.1, 0.15) is 36.6 Å². The molecule has 2 aromatic heterocycles. The van der Waals surface area contributed by atoms with Crippen LogP contribution in [-0.4, -0.2) is 32.5 Å². The van der Waals surface area contributed by atoms with Crippen molar-refractivity contribution < 1.29 is 4.79 Å². The molecule has 164 valence electrons. The van der Waals surface area contributed by atoms with E-state index in [1.165, 1.54) is 15.1 Å². The molecule has 0 bridgehead atoms. The summed E-state index contributed by atoms with van der Waals surface area (Å²) in [7, 11) is 1.70. The maximum Gasteiger partial charge on any atom is 0.293 e. The molecule has 0 fully saturated rings. The Morgan fingerprint density at radius 3 is 2.44 bits per heavy atom. The van der Waals surface area contributed by atoms with E-state index in [0.717, 1.165) is 22.6 Å². The summed E-state index contributed by atoms with van der Waals surface area (Å²) in [4.78, 5) is 28.0. The van der Waals surface area contributed by atoms with Gasteiger partial charge < -0.3 is 4.90 Å². The first kappa shape index (κ1) is 21.5. The van der Waals surface area contributed by atoms with Crippen LogP contribution in [0, 0.1) is 13.8 Å². The van der Waals surface area contributed by atoms with Crippen LogP contribution in [0.15, 0.2) is 59.5 Å². The maximum absolute atomic E-state index is 13.5.